The third-order valence-electron chi connectivity index (χ3n) is 2.55. The molecule has 0 atom stereocenters. The Kier molecular flexibility index (Phi) is 3.58. The number of hydrazine groups is 1. The molecule has 2 rings (SSSR count). The zero-order chi connectivity index (χ0) is 13.8. The number of amides is 1. The van der Waals surface area contributed by atoms with Gasteiger partial charge >= 0.3 is 0 Å². The van der Waals surface area contributed by atoms with Crippen LogP contribution in [0.4, 0.5) is 0 Å². The fourth-order valence-corrected chi connectivity index (χ4v) is 1.66. The highest BCUT2D eigenvalue weighted by Crippen LogP contribution is 2.05. The summed E-state index contributed by atoms with van der Waals surface area (Å²) in [5, 5.41) is 2.41. The van der Waals surface area contributed by atoms with Crippen molar-refractivity contribution in [2.24, 2.45) is 5.84 Å². The Bertz CT molecular complexity index is 717. The van der Waals surface area contributed by atoms with Crippen molar-refractivity contribution in [1.82, 2.24) is 15.2 Å². The Hall–Kier alpha value is -2.67. The second-order valence-electron chi connectivity index (χ2n) is 3.91. The normalized spacial score (nSPS) is 10.2. The first-order chi connectivity index (χ1) is 9.10. The van der Waals surface area contributed by atoms with Gasteiger partial charge in [0.2, 0.25) is 0 Å². The summed E-state index contributed by atoms with van der Waals surface area (Å²) in [6.07, 6.45) is 0. The SMILES string of the molecule is NNC(=O)c1cccc(Cn2[nH]c(=O)ccc2=O)c1. The molecule has 2 aromatic rings. The number of aromatic nitrogens is 2. The van der Waals surface area contributed by atoms with Gasteiger partial charge in [-0.05, 0) is 17.7 Å². The van der Waals surface area contributed by atoms with Gasteiger partial charge < -0.3 is 0 Å². The number of hydrogen-bond acceptors (Lipinski definition) is 4. The van der Waals surface area contributed by atoms with Crippen molar-refractivity contribution < 1.29 is 4.79 Å². The van der Waals surface area contributed by atoms with Crippen LogP contribution in [0.1, 0.15) is 15.9 Å². The number of rotatable bonds is 3. The number of nitrogens with two attached hydrogens (primary N) is 1. The van der Waals surface area contributed by atoms with Crippen LogP contribution in [-0.2, 0) is 6.54 Å². The van der Waals surface area contributed by atoms with Gasteiger partial charge in [0.15, 0.2) is 0 Å². The third kappa shape index (κ3) is 2.96. The Morgan fingerprint density at radius 2 is 2.05 bits per heavy atom. The van der Waals surface area contributed by atoms with E-state index in [2.05, 4.69) is 5.10 Å². The van der Waals surface area contributed by atoms with Crippen LogP contribution in [0.15, 0.2) is 46.0 Å². The van der Waals surface area contributed by atoms with E-state index in [4.69, 9.17) is 5.84 Å². The fourth-order valence-electron chi connectivity index (χ4n) is 1.66. The Balaban J connectivity index is 2.33. The third-order valence-corrected chi connectivity index (χ3v) is 2.55. The van der Waals surface area contributed by atoms with Crippen molar-refractivity contribution in [2.45, 2.75) is 6.54 Å². The molecule has 7 nitrogen and oxygen atoms in total. The first-order valence-electron chi connectivity index (χ1n) is 5.50. The second kappa shape index (κ2) is 5.32. The summed E-state index contributed by atoms with van der Waals surface area (Å²) in [7, 11) is 0. The minimum Gasteiger partial charge on any atom is -0.290 e. The second-order valence-corrected chi connectivity index (χ2v) is 3.91. The van der Waals surface area contributed by atoms with Crippen LogP contribution in [0.2, 0.25) is 0 Å². The number of carbonyl (C=O) groups is 1. The predicted octanol–water partition coefficient (Wildman–Crippen LogP) is -0.812. The number of nitrogens with zero attached hydrogens (tertiary/aromatic N) is 1. The van der Waals surface area contributed by atoms with Gasteiger partial charge in [-0.25, -0.2) is 10.5 Å². The van der Waals surface area contributed by atoms with Crippen molar-refractivity contribution in [1.29, 1.82) is 0 Å². The molecule has 1 amide bonds. The van der Waals surface area contributed by atoms with Crippen molar-refractivity contribution >= 4 is 5.91 Å². The van der Waals surface area contributed by atoms with Gasteiger partial charge in [0.1, 0.15) is 0 Å². The molecule has 0 radical (unpaired) electrons. The highest BCUT2D eigenvalue weighted by molar-refractivity contribution is 5.93. The number of hydrogen-bond donors (Lipinski definition) is 3. The molecule has 0 bridgehead atoms. The molecule has 0 unspecified atom stereocenters. The summed E-state index contributed by atoms with van der Waals surface area (Å²) in [5.74, 6) is 4.63. The fraction of sp³-hybridized carbons (Fsp3) is 0.0833. The number of benzene rings is 1. The van der Waals surface area contributed by atoms with Gasteiger partial charge in [-0.2, -0.15) is 0 Å². The van der Waals surface area contributed by atoms with Crippen LogP contribution < -0.4 is 22.4 Å². The van der Waals surface area contributed by atoms with Crippen LogP contribution >= 0.6 is 0 Å². The van der Waals surface area contributed by atoms with Gasteiger partial charge in [-0.3, -0.25) is 24.9 Å². The maximum absolute atomic E-state index is 11.5. The van der Waals surface area contributed by atoms with Crippen LogP contribution in [0.25, 0.3) is 0 Å². The molecule has 0 aliphatic rings. The van der Waals surface area contributed by atoms with Crippen LogP contribution in [0.5, 0.6) is 0 Å². The standard InChI is InChI=1S/C12H12N4O3/c13-14-12(19)9-3-1-2-8(6-9)7-16-11(18)5-4-10(17)15-16/h1-6H,7,13H2,(H,14,19)(H,15,17). The van der Waals surface area contributed by atoms with Gasteiger partial charge in [-0.15, -0.1) is 0 Å². The molecule has 1 aromatic heterocycles. The van der Waals surface area contributed by atoms with E-state index in [1.165, 1.54) is 10.7 Å². The van der Waals surface area contributed by atoms with E-state index < -0.39 is 5.91 Å². The maximum Gasteiger partial charge on any atom is 0.265 e. The van der Waals surface area contributed by atoms with Gasteiger partial charge in [0, 0.05) is 17.7 Å². The molecule has 0 aliphatic heterocycles. The number of nitrogen functional groups attached to an aromatic ring is 1. The molecule has 0 fully saturated rings. The highest BCUT2D eigenvalue weighted by atomic mass is 16.2. The average Bonchev–Trinajstić information content (AvgIpc) is 2.42. The van der Waals surface area contributed by atoms with E-state index in [0.717, 1.165) is 6.07 Å². The largest absolute Gasteiger partial charge is 0.290 e. The molecule has 1 heterocycles. The quantitative estimate of drug-likeness (QED) is 0.381. The molecule has 0 saturated carbocycles. The van der Waals surface area contributed by atoms with Crippen molar-refractivity contribution in [3.8, 4) is 0 Å². The Morgan fingerprint density at radius 1 is 1.26 bits per heavy atom. The minimum atomic E-state index is -0.421. The molecular formula is C12H12N4O3. The van der Waals surface area contributed by atoms with E-state index in [0.29, 0.717) is 11.1 Å². The lowest BCUT2D eigenvalue weighted by Gasteiger charge is -2.06. The molecule has 98 valence electrons. The molecule has 7 heteroatoms. The molecule has 19 heavy (non-hydrogen) atoms. The smallest absolute Gasteiger partial charge is 0.265 e. The highest BCUT2D eigenvalue weighted by Gasteiger charge is 2.05. The molecule has 0 spiro atoms. The summed E-state index contributed by atoms with van der Waals surface area (Å²) >= 11 is 0. The van der Waals surface area contributed by atoms with Crippen molar-refractivity contribution in [2.75, 3.05) is 0 Å². The van der Waals surface area contributed by atoms with Crippen LogP contribution in [0.3, 0.4) is 0 Å². The molecule has 1 aromatic carbocycles. The number of H-pyrrole nitrogens is 1. The number of carbonyl (C=O) groups excluding carboxylic acids is 1. The maximum atomic E-state index is 11.5. The van der Waals surface area contributed by atoms with Gasteiger partial charge in [-0.1, -0.05) is 12.1 Å². The first kappa shape index (κ1) is 12.8. The summed E-state index contributed by atoms with van der Waals surface area (Å²) in [4.78, 5) is 34.1. The monoisotopic (exact) mass is 260 g/mol. The number of aromatic amines is 1. The number of nitrogens with one attached hydrogen (secondary N) is 2. The average molecular weight is 260 g/mol. The van der Waals surface area contributed by atoms with E-state index in [1.807, 2.05) is 5.43 Å². The van der Waals surface area contributed by atoms with E-state index in [-0.39, 0.29) is 17.7 Å². The predicted molar refractivity (Wildman–Crippen MR) is 68.5 cm³/mol. The molecule has 0 saturated heterocycles. The summed E-state index contributed by atoms with van der Waals surface area (Å²) < 4.78 is 1.17. The zero-order valence-electron chi connectivity index (χ0n) is 9.92. The molecular weight excluding hydrogens is 248 g/mol. The Labute approximate surface area is 107 Å². The van der Waals surface area contributed by atoms with E-state index in [9.17, 15) is 14.4 Å². The lowest BCUT2D eigenvalue weighted by atomic mass is 10.1. The van der Waals surface area contributed by atoms with E-state index >= 15 is 0 Å². The van der Waals surface area contributed by atoms with Gasteiger partial charge in [0.05, 0.1) is 6.54 Å². The minimum absolute atomic E-state index is 0.167. The topological polar surface area (TPSA) is 110 Å². The Morgan fingerprint density at radius 3 is 2.79 bits per heavy atom. The summed E-state index contributed by atoms with van der Waals surface area (Å²) in [6, 6.07) is 8.96. The summed E-state index contributed by atoms with van der Waals surface area (Å²) in [5.41, 5.74) is 2.42. The van der Waals surface area contributed by atoms with E-state index in [1.54, 1.807) is 24.3 Å². The summed E-state index contributed by atoms with van der Waals surface area (Å²) in [6.45, 7) is 0.167. The first-order valence-corrected chi connectivity index (χ1v) is 5.50. The lowest BCUT2D eigenvalue weighted by molar-refractivity contribution is 0.0953. The van der Waals surface area contributed by atoms with Crippen LogP contribution in [-0.4, -0.2) is 15.7 Å². The van der Waals surface area contributed by atoms with Crippen molar-refractivity contribution in [3.05, 3.63) is 68.2 Å². The molecule has 4 N–H and O–H groups in total. The van der Waals surface area contributed by atoms with Crippen LogP contribution in [0, 0.1) is 0 Å². The zero-order valence-corrected chi connectivity index (χ0v) is 9.92. The van der Waals surface area contributed by atoms with Gasteiger partial charge in [0.25, 0.3) is 17.0 Å². The molecule has 0 aliphatic carbocycles. The lowest BCUT2D eigenvalue weighted by Crippen LogP contribution is -2.30. The van der Waals surface area contributed by atoms with Crippen molar-refractivity contribution in [3.63, 3.8) is 0 Å².